The number of halogens is 1. The number of carbonyl (C=O) groups excluding carboxylic acids is 2. The van der Waals surface area contributed by atoms with Crippen LogP contribution in [0.15, 0.2) is 24.3 Å². The van der Waals surface area contributed by atoms with Gasteiger partial charge in [-0.05, 0) is 59.5 Å². The molecule has 112 valence electrons. The molecule has 2 aliphatic rings. The van der Waals surface area contributed by atoms with Crippen LogP contribution < -0.4 is 4.90 Å². The van der Waals surface area contributed by atoms with Gasteiger partial charge in [0, 0.05) is 15.8 Å². The fourth-order valence-electron chi connectivity index (χ4n) is 3.36. The van der Waals surface area contributed by atoms with Gasteiger partial charge in [0.05, 0.1) is 0 Å². The van der Waals surface area contributed by atoms with Gasteiger partial charge in [-0.2, -0.15) is 0 Å². The molecule has 0 radical (unpaired) electrons. The number of hydrogen-bond acceptors (Lipinski definition) is 2. The number of hydrogen-bond donors (Lipinski definition) is 0. The molecule has 0 aromatic heterocycles. The Labute approximate surface area is 138 Å². The van der Waals surface area contributed by atoms with Crippen molar-refractivity contribution >= 4 is 40.1 Å². The van der Waals surface area contributed by atoms with Crippen molar-refractivity contribution in [2.75, 3.05) is 11.4 Å². The van der Waals surface area contributed by atoms with Gasteiger partial charge in [-0.25, -0.2) is 0 Å². The van der Waals surface area contributed by atoms with Gasteiger partial charge in [0.1, 0.15) is 12.1 Å². The van der Waals surface area contributed by atoms with Crippen LogP contribution in [0.4, 0.5) is 5.69 Å². The molecule has 0 saturated carbocycles. The van der Waals surface area contributed by atoms with E-state index in [1.54, 1.807) is 9.80 Å². The maximum absolute atomic E-state index is 12.9. The maximum Gasteiger partial charge on any atom is 0.250 e. The van der Waals surface area contributed by atoms with E-state index < -0.39 is 0 Å². The van der Waals surface area contributed by atoms with Crippen LogP contribution in [0.2, 0.25) is 0 Å². The van der Waals surface area contributed by atoms with Gasteiger partial charge in [-0.3, -0.25) is 14.5 Å². The Morgan fingerprint density at radius 2 is 2.00 bits per heavy atom. The van der Waals surface area contributed by atoms with Crippen LogP contribution in [0.1, 0.15) is 26.7 Å². The highest BCUT2D eigenvalue weighted by molar-refractivity contribution is 14.1. The van der Waals surface area contributed by atoms with Gasteiger partial charge in [0.15, 0.2) is 0 Å². The molecule has 2 atom stereocenters. The molecule has 3 rings (SSSR count). The summed E-state index contributed by atoms with van der Waals surface area (Å²) in [5.41, 5.74) is 0.838. The Hall–Kier alpha value is -1.11. The van der Waals surface area contributed by atoms with E-state index in [-0.39, 0.29) is 29.8 Å². The third-order valence-corrected chi connectivity index (χ3v) is 4.98. The molecule has 1 aromatic carbocycles. The van der Waals surface area contributed by atoms with Crippen molar-refractivity contribution in [1.82, 2.24) is 4.90 Å². The normalized spacial score (nSPS) is 25.7. The van der Waals surface area contributed by atoms with E-state index in [1.165, 1.54) is 0 Å². The van der Waals surface area contributed by atoms with Crippen LogP contribution in [0.5, 0.6) is 0 Å². The predicted molar refractivity (Wildman–Crippen MR) is 90.0 cm³/mol. The number of fused-ring (bicyclic) bond motifs is 1. The van der Waals surface area contributed by atoms with Crippen molar-refractivity contribution in [3.8, 4) is 0 Å². The monoisotopic (exact) mass is 398 g/mol. The summed E-state index contributed by atoms with van der Waals surface area (Å²) in [5.74, 6) is 0.277. The highest BCUT2D eigenvalue weighted by Crippen LogP contribution is 2.33. The number of piperazine rings is 1. The number of rotatable bonds is 2. The Morgan fingerprint density at radius 3 is 2.67 bits per heavy atom. The molecule has 0 aliphatic carbocycles. The van der Waals surface area contributed by atoms with Crippen molar-refractivity contribution in [2.24, 2.45) is 5.92 Å². The first-order valence-electron chi connectivity index (χ1n) is 7.40. The molecule has 21 heavy (non-hydrogen) atoms. The maximum atomic E-state index is 12.9. The minimum atomic E-state index is -0.384. The van der Waals surface area contributed by atoms with E-state index in [2.05, 4.69) is 22.6 Å². The number of nitrogens with zero attached hydrogens (tertiary/aromatic N) is 2. The standard InChI is InChI=1S/C16H19IN2O2/c1-10(2)14-16(21)18-8-4-7-13(18)15(20)19(14)12-6-3-5-11(17)9-12/h3,5-6,9-10,13-14H,4,7-8H2,1-2H3. The zero-order valence-corrected chi connectivity index (χ0v) is 14.4. The quantitative estimate of drug-likeness (QED) is 0.719. The summed E-state index contributed by atoms with van der Waals surface area (Å²) in [7, 11) is 0. The Bertz CT molecular complexity index is 587. The van der Waals surface area contributed by atoms with Crippen LogP contribution in [0, 0.1) is 9.49 Å². The van der Waals surface area contributed by atoms with Gasteiger partial charge >= 0.3 is 0 Å². The summed E-state index contributed by atoms with van der Waals surface area (Å²) in [6.45, 7) is 4.74. The topological polar surface area (TPSA) is 40.6 Å². The summed E-state index contributed by atoms with van der Waals surface area (Å²) >= 11 is 2.24. The zero-order chi connectivity index (χ0) is 15.1. The van der Waals surface area contributed by atoms with Gasteiger partial charge < -0.3 is 4.90 Å². The first-order valence-corrected chi connectivity index (χ1v) is 8.47. The minimum absolute atomic E-state index is 0.0767. The van der Waals surface area contributed by atoms with Crippen molar-refractivity contribution < 1.29 is 9.59 Å². The van der Waals surface area contributed by atoms with Crippen molar-refractivity contribution in [2.45, 2.75) is 38.8 Å². The first kappa shape index (κ1) is 14.8. The molecule has 0 N–H and O–H groups in total. The van der Waals surface area contributed by atoms with Gasteiger partial charge in [-0.15, -0.1) is 0 Å². The molecular weight excluding hydrogens is 379 g/mol. The molecule has 5 heteroatoms. The molecular formula is C16H19IN2O2. The van der Waals surface area contributed by atoms with E-state index >= 15 is 0 Å². The first-order chi connectivity index (χ1) is 10.0. The molecule has 2 unspecified atom stereocenters. The largest absolute Gasteiger partial charge is 0.329 e. The highest BCUT2D eigenvalue weighted by Gasteiger charge is 2.49. The number of anilines is 1. The van der Waals surface area contributed by atoms with Crippen molar-refractivity contribution in [1.29, 1.82) is 0 Å². The lowest BCUT2D eigenvalue weighted by molar-refractivity contribution is -0.145. The van der Waals surface area contributed by atoms with E-state index in [0.29, 0.717) is 0 Å². The van der Waals surface area contributed by atoms with Crippen molar-refractivity contribution in [3.63, 3.8) is 0 Å². The molecule has 2 fully saturated rings. The SMILES string of the molecule is CC(C)C1C(=O)N2CCCC2C(=O)N1c1cccc(I)c1. The third kappa shape index (κ3) is 2.45. The molecule has 2 amide bonds. The second-order valence-corrected chi connectivity index (χ2v) is 7.31. The van der Waals surface area contributed by atoms with Crippen LogP contribution >= 0.6 is 22.6 Å². The van der Waals surface area contributed by atoms with Gasteiger partial charge in [0.25, 0.3) is 5.91 Å². The van der Waals surface area contributed by atoms with E-state index in [1.807, 2.05) is 38.1 Å². The van der Waals surface area contributed by atoms with Crippen LogP contribution in [-0.4, -0.2) is 35.3 Å². The Balaban J connectivity index is 2.06. The van der Waals surface area contributed by atoms with Crippen LogP contribution in [0.25, 0.3) is 0 Å². The van der Waals surface area contributed by atoms with E-state index in [0.717, 1.165) is 28.6 Å². The van der Waals surface area contributed by atoms with Gasteiger partial charge in [0.2, 0.25) is 5.91 Å². The van der Waals surface area contributed by atoms with Gasteiger partial charge in [-0.1, -0.05) is 19.9 Å². The minimum Gasteiger partial charge on any atom is -0.329 e. The molecule has 1 aromatic rings. The summed E-state index contributed by atoms with van der Waals surface area (Å²) in [6.07, 6.45) is 1.71. The second-order valence-electron chi connectivity index (χ2n) is 6.07. The van der Waals surface area contributed by atoms with Crippen LogP contribution in [0.3, 0.4) is 0 Å². The lowest BCUT2D eigenvalue weighted by Gasteiger charge is -2.44. The smallest absolute Gasteiger partial charge is 0.250 e. The number of carbonyl (C=O) groups is 2. The lowest BCUT2D eigenvalue weighted by atomic mass is 9.95. The molecule has 2 aliphatic heterocycles. The second kappa shape index (κ2) is 5.59. The summed E-state index contributed by atoms with van der Waals surface area (Å²) < 4.78 is 1.07. The average molecular weight is 398 g/mol. The average Bonchev–Trinajstić information content (AvgIpc) is 2.92. The predicted octanol–water partition coefficient (Wildman–Crippen LogP) is 2.65. The fraction of sp³-hybridized carbons (Fsp3) is 0.500. The highest BCUT2D eigenvalue weighted by atomic mass is 127. The number of amides is 2. The van der Waals surface area contributed by atoms with E-state index in [4.69, 9.17) is 0 Å². The molecule has 4 nitrogen and oxygen atoms in total. The zero-order valence-electron chi connectivity index (χ0n) is 12.3. The lowest BCUT2D eigenvalue weighted by Crippen LogP contribution is -2.64. The summed E-state index contributed by atoms with van der Waals surface area (Å²) in [4.78, 5) is 29.2. The van der Waals surface area contributed by atoms with E-state index in [9.17, 15) is 9.59 Å². The number of benzene rings is 1. The summed E-state index contributed by atoms with van der Waals surface area (Å²) in [5, 5.41) is 0. The molecule has 2 saturated heterocycles. The third-order valence-electron chi connectivity index (χ3n) is 4.31. The van der Waals surface area contributed by atoms with Crippen molar-refractivity contribution in [3.05, 3.63) is 27.8 Å². The summed E-state index contributed by atoms with van der Waals surface area (Å²) in [6, 6.07) is 7.19. The Morgan fingerprint density at radius 1 is 1.24 bits per heavy atom. The molecule has 2 heterocycles. The van der Waals surface area contributed by atoms with Crippen LogP contribution in [-0.2, 0) is 9.59 Å². The Kier molecular flexibility index (Phi) is 3.94. The molecule has 0 bridgehead atoms. The molecule has 0 spiro atoms. The fourth-order valence-corrected chi connectivity index (χ4v) is 3.89.